The average Bonchev–Trinajstić information content (AvgIpc) is 2.34. The van der Waals surface area contributed by atoms with Crippen LogP contribution >= 0.6 is 0 Å². The van der Waals surface area contributed by atoms with Crippen LogP contribution in [0.25, 0.3) is 0 Å². The van der Waals surface area contributed by atoms with Gasteiger partial charge in [0, 0.05) is 6.04 Å². The number of nitrogens with one attached hydrogen (secondary N) is 1. The van der Waals surface area contributed by atoms with Gasteiger partial charge in [0.2, 0.25) is 0 Å². The summed E-state index contributed by atoms with van der Waals surface area (Å²) in [6.07, 6.45) is 6.11. The zero-order chi connectivity index (χ0) is 8.55. The molecule has 0 aromatic rings. The van der Waals surface area contributed by atoms with E-state index in [1.807, 2.05) is 0 Å². The Morgan fingerprint density at radius 2 is 1.92 bits per heavy atom. The van der Waals surface area contributed by atoms with E-state index in [9.17, 15) is 4.79 Å². The van der Waals surface area contributed by atoms with Crippen molar-refractivity contribution in [1.29, 1.82) is 0 Å². The molecule has 68 valence electrons. The fourth-order valence-electron chi connectivity index (χ4n) is 2.35. The minimum atomic E-state index is -0.691. The Bertz CT molecular complexity index is 181. The fourth-order valence-corrected chi connectivity index (χ4v) is 2.35. The van der Waals surface area contributed by atoms with E-state index >= 15 is 0 Å². The maximum absolute atomic E-state index is 10.5. The van der Waals surface area contributed by atoms with E-state index in [0.717, 1.165) is 12.3 Å². The molecule has 0 amide bonds. The second-order valence-corrected chi connectivity index (χ2v) is 3.94. The highest BCUT2D eigenvalue weighted by Crippen LogP contribution is 2.33. The van der Waals surface area contributed by atoms with Crippen molar-refractivity contribution < 1.29 is 9.90 Å². The lowest BCUT2D eigenvalue weighted by Gasteiger charge is -2.38. The summed E-state index contributed by atoms with van der Waals surface area (Å²) in [5.41, 5.74) is 0. The van der Waals surface area contributed by atoms with Crippen molar-refractivity contribution in [3.63, 3.8) is 0 Å². The van der Waals surface area contributed by atoms with Gasteiger partial charge in [-0.2, -0.15) is 0 Å². The highest BCUT2D eigenvalue weighted by atomic mass is 16.4. The Hall–Kier alpha value is -0.570. The SMILES string of the molecule is O=C(O)C1CC(C2CCCC2)N1. The highest BCUT2D eigenvalue weighted by molar-refractivity contribution is 5.74. The Morgan fingerprint density at radius 3 is 2.42 bits per heavy atom. The van der Waals surface area contributed by atoms with Crippen LogP contribution in [0.5, 0.6) is 0 Å². The maximum atomic E-state index is 10.5. The number of aliphatic carboxylic acids is 1. The summed E-state index contributed by atoms with van der Waals surface area (Å²) < 4.78 is 0. The Labute approximate surface area is 72.2 Å². The van der Waals surface area contributed by atoms with Gasteiger partial charge >= 0.3 is 5.97 Å². The molecule has 0 bridgehead atoms. The molecule has 2 rings (SSSR count). The fraction of sp³-hybridized carbons (Fsp3) is 0.889. The first-order chi connectivity index (χ1) is 5.77. The smallest absolute Gasteiger partial charge is 0.320 e. The Kier molecular flexibility index (Phi) is 2.05. The predicted molar refractivity (Wildman–Crippen MR) is 44.9 cm³/mol. The molecule has 2 atom stereocenters. The third kappa shape index (κ3) is 1.33. The Morgan fingerprint density at radius 1 is 1.33 bits per heavy atom. The summed E-state index contributed by atoms with van der Waals surface area (Å²) in [4.78, 5) is 10.5. The second kappa shape index (κ2) is 3.05. The zero-order valence-electron chi connectivity index (χ0n) is 7.12. The molecule has 0 aromatic heterocycles. The molecule has 1 heterocycles. The lowest BCUT2D eigenvalue weighted by molar-refractivity contribution is -0.142. The van der Waals surface area contributed by atoms with Gasteiger partial charge < -0.3 is 10.4 Å². The van der Waals surface area contributed by atoms with Crippen molar-refractivity contribution in [3.05, 3.63) is 0 Å². The molecule has 0 aromatic carbocycles. The molecule has 2 aliphatic rings. The molecule has 2 fully saturated rings. The lowest BCUT2D eigenvalue weighted by atomic mass is 9.85. The van der Waals surface area contributed by atoms with Crippen LogP contribution in [0, 0.1) is 5.92 Å². The number of hydrogen-bond donors (Lipinski definition) is 2. The summed E-state index contributed by atoms with van der Waals surface area (Å²) in [5, 5.41) is 11.8. The maximum Gasteiger partial charge on any atom is 0.320 e. The molecule has 12 heavy (non-hydrogen) atoms. The first-order valence-electron chi connectivity index (χ1n) is 4.76. The molecular weight excluding hydrogens is 154 g/mol. The Balaban J connectivity index is 1.77. The summed E-state index contributed by atoms with van der Waals surface area (Å²) in [5.74, 6) is 0.0739. The molecule has 2 N–H and O–H groups in total. The first kappa shape index (κ1) is 8.05. The van der Waals surface area contributed by atoms with E-state index in [1.165, 1.54) is 25.7 Å². The first-order valence-corrected chi connectivity index (χ1v) is 4.76. The second-order valence-electron chi connectivity index (χ2n) is 3.94. The molecule has 1 saturated carbocycles. The third-order valence-electron chi connectivity index (χ3n) is 3.17. The van der Waals surface area contributed by atoms with E-state index < -0.39 is 5.97 Å². The lowest BCUT2D eigenvalue weighted by Crippen LogP contribution is -2.58. The number of carboxylic acid groups (broad SMARTS) is 1. The monoisotopic (exact) mass is 169 g/mol. The molecule has 1 aliphatic heterocycles. The van der Waals surface area contributed by atoms with Crippen molar-refractivity contribution in [2.24, 2.45) is 5.92 Å². The van der Waals surface area contributed by atoms with E-state index in [0.29, 0.717) is 6.04 Å². The van der Waals surface area contributed by atoms with Gasteiger partial charge in [0.1, 0.15) is 6.04 Å². The van der Waals surface area contributed by atoms with Gasteiger partial charge in [-0.1, -0.05) is 12.8 Å². The minimum absolute atomic E-state index is 0.254. The van der Waals surface area contributed by atoms with E-state index in [2.05, 4.69) is 5.32 Å². The van der Waals surface area contributed by atoms with Crippen molar-refractivity contribution in [1.82, 2.24) is 5.32 Å². The summed E-state index contributed by atoms with van der Waals surface area (Å²) in [6.45, 7) is 0. The average molecular weight is 169 g/mol. The molecule has 3 heteroatoms. The normalized spacial score (nSPS) is 36.3. The number of carbonyl (C=O) groups is 1. The molecule has 0 spiro atoms. The molecule has 1 aliphatic carbocycles. The molecule has 1 saturated heterocycles. The van der Waals surface area contributed by atoms with Crippen LogP contribution in [0.4, 0.5) is 0 Å². The topological polar surface area (TPSA) is 49.3 Å². The highest BCUT2D eigenvalue weighted by Gasteiger charge is 2.38. The van der Waals surface area contributed by atoms with Crippen molar-refractivity contribution in [2.75, 3.05) is 0 Å². The summed E-state index contributed by atoms with van der Waals surface area (Å²) in [7, 11) is 0. The van der Waals surface area contributed by atoms with Crippen LogP contribution in [0.2, 0.25) is 0 Å². The van der Waals surface area contributed by atoms with Crippen LogP contribution in [0.1, 0.15) is 32.1 Å². The molecular formula is C9H15NO2. The van der Waals surface area contributed by atoms with Crippen molar-refractivity contribution >= 4 is 5.97 Å². The van der Waals surface area contributed by atoms with Crippen LogP contribution in [-0.2, 0) is 4.79 Å². The number of rotatable bonds is 2. The van der Waals surface area contributed by atoms with Gasteiger partial charge in [-0.3, -0.25) is 4.79 Å². The van der Waals surface area contributed by atoms with Crippen LogP contribution < -0.4 is 5.32 Å². The molecule has 0 radical (unpaired) electrons. The quantitative estimate of drug-likeness (QED) is 0.648. The van der Waals surface area contributed by atoms with Crippen molar-refractivity contribution in [2.45, 2.75) is 44.2 Å². The third-order valence-corrected chi connectivity index (χ3v) is 3.17. The molecule has 3 nitrogen and oxygen atoms in total. The summed E-state index contributed by atoms with van der Waals surface area (Å²) in [6, 6.07) is 0.254. The van der Waals surface area contributed by atoms with Gasteiger partial charge in [-0.25, -0.2) is 0 Å². The zero-order valence-corrected chi connectivity index (χ0v) is 7.12. The largest absolute Gasteiger partial charge is 0.480 e. The van der Waals surface area contributed by atoms with Gasteiger partial charge in [0.05, 0.1) is 0 Å². The van der Waals surface area contributed by atoms with E-state index in [-0.39, 0.29) is 6.04 Å². The van der Waals surface area contributed by atoms with Crippen molar-refractivity contribution in [3.8, 4) is 0 Å². The van der Waals surface area contributed by atoms with Gasteiger partial charge in [-0.15, -0.1) is 0 Å². The minimum Gasteiger partial charge on any atom is -0.480 e. The predicted octanol–water partition coefficient (Wildman–Crippen LogP) is 0.992. The number of carboxylic acids is 1. The van der Waals surface area contributed by atoms with Crippen LogP contribution in [0.3, 0.4) is 0 Å². The van der Waals surface area contributed by atoms with Crippen LogP contribution in [-0.4, -0.2) is 23.2 Å². The van der Waals surface area contributed by atoms with Crippen LogP contribution in [0.15, 0.2) is 0 Å². The number of hydrogen-bond acceptors (Lipinski definition) is 2. The van der Waals surface area contributed by atoms with Gasteiger partial charge in [-0.05, 0) is 25.2 Å². The molecule has 2 unspecified atom stereocenters. The van der Waals surface area contributed by atoms with E-state index in [4.69, 9.17) is 5.11 Å². The van der Waals surface area contributed by atoms with Gasteiger partial charge in [0.25, 0.3) is 0 Å². The van der Waals surface area contributed by atoms with Gasteiger partial charge in [0.15, 0.2) is 0 Å². The van der Waals surface area contributed by atoms with E-state index in [1.54, 1.807) is 0 Å². The standard InChI is InChI=1S/C9H15NO2/c11-9(12)8-5-7(10-8)6-3-1-2-4-6/h6-8,10H,1-5H2,(H,11,12). The summed E-state index contributed by atoms with van der Waals surface area (Å²) >= 11 is 0.